The minimum Gasteiger partial charge on any atom is -0.484 e. The van der Waals surface area contributed by atoms with Crippen molar-refractivity contribution in [2.75, 3.05) is 7.11 Å². The van der Waals surface area contributed by atoms with Crippen LogP contribution in [0.1, 0.15) is 32.2 Å². The number of rotatable bonds is 7. The summed E-state index contributed by atoms with van der Waals surface area (Å²) < 4.78 is 15.7. The van der Waals surface area contributed by atoms with Gasteiger partial charge in [-0.3, -0.25) is 4.79 Å². The number of hydrazone groups is 1. The van der Waals surface area contributed by atoms with Gasteiger partial charge in [0.1, 0.15) is 18.1 Å². The van der Waals surface area contributed by atoms with Gasteiger partial charge in [0.25, 0.3) is 0 Å². The second kappa shape index (κ2) is 9.96. The van der Waals surface area contributed by atoms with Crippen molar-refractivity contribution in [1.82, 2.24) is 5.43 Å². The van der Waals surface area contributed by atoms with E-state index in [1.54, 1.807) is 48.5 Å². The molecule has 0 fully saturated rings. The van der Waals surface area contributed by atoms with Crippen molar-refractivity contribution in [3.63, 3.8) is 0 Å². The van der Waals surface area contributed by atoms with E-state index in [9.17, 15) is 9.59 Å². The number of carbonyl (C=O) groups is 2. The van der Waals surface area contributed by atoms with Crippen LogP contribution in [0.4, 0.5) is 0 Å². The third-order valence-corrected chi connectivity index (χ3v) is 4.41. The molecule has 3 aromatic rings. The number of hydrogen-bond acceptors (Lipinski definition) is 6. The fraction of sp³-hybridized carbons (Fsp3) is 0.0952. The number of halogens is 2. The highest BCUT2D eigenvalue weighted by molar-refractivity contribution is 6.34. The van der Waals surface area contributed by atoms with E-state index in [1.807, 2.05) is 0 Å². The molecule has 9 heteroatoms. The predicted molar refractivity (Wildman–Crippen MR) is 112 cm³/mol. The van der Waals surface area contributed by atoms with Gasteiger partial charge in [-0.25, -0.2) is 10.2 Å². The lowest BCUT2D eigenvalue weighted by Gasteiger charge is -2.06. The number of nitrogens with one attached hydrogen (secondary N) is 1. The fourth-order valence-corrected chi connectivity index (χ4v) is 2.69. The summed E-state index contributed by atoms with van der Waals surface area (Å²) in [6.07, 6.45) is 1.44. The van der Waals surface area contributed by atoms with Crippen molar-refractivity contribution in [3.05, 3.63) is 87.3 Å². The van der Waals surface area contributed by atoms with Crippen molar-refractivity contribution in [2.45, 2.75) is 6.61 Å². The molecule has 1 aromatic heterocycles. The minimum atomic E-state index is -0.524. The van der Waals surface area contributed by atoms with E-state index in [0.29, 0.717) is 32.7 Å². The van der Waals surface area contributed by atoms with E-state index in [-0.39, 0.29) is 12.4 Å². The van der Waals surface area contributed by atoms with Gasteiger partial charge < -0.3 is 13.9 Å². The molecule has 1 heterocycles. The Hall–Kier alpha value is -3.29. The van der Waals surface area contributed by atoms with Gasteiger partial charge in [0.15, 0.2) is 5.76 Å². The first-order chi connectivity index (χ1) is 14.5. The Kier molecular flexibility index (Phi) is 7.11. The summed E-state index contributed by atoms with van der Waals surface area (Å²) in [5.41, 5.74) is 3.47. The van der Waals surface area contributed by atoms with Crippen LogP contribution >= 0.6 is 23.2 Å². The number of hydrogen-bond donors (Lipinski definition) is 1. The van der Waals surface area contributed by atoms with Crippen LogP contribution in [0, 0.1) is 0 Å². The topological polar surface area (TPSA) is 90.1 Å². The maximum atomic E-state index is 12.1. The molecule has 0 aliphatic carbocycles. The molecule has 154 valence electrons. The highest BCUT2D eigenvalue weighted by Gasteiger charge is 2.12. The molecular formula is C21H16Cl2N2O5. The molecule has 30 heavy (non-hydrogen) atoms. The zero-order valence-corrected chi connectivity index (χ0v) is 17.2. The molecule has 0 bridgehead atoms. The Morgan fingerprint density at radius 1 is 1.10 bits per heavy atom. The molecule has 0 unspecified atom stereocenters. The lowest BCUT2D eigenvalue weighted by atomic mass is 10.1. The molecule has 0 atom stereocenters. The number of carbonyl (C=O) groups excluding carboxylic acids is 2. The number of ether oxygens (including phenoxy) is 2. The van der Waals surface area contributed by atoms with E-state index < -0.39 is 11.9 Å². The molecule has 0 aliphatic rings. The first kappa shape index (κ1) is 21.4. The Labute approximate surface area is 182 Å². The van der Waals surface area contributed by atoms with Crippen molar-refractivity contribution in [2.24, 2.45) is 5.10 Å². The number of methoxy groups -OCH3 is 1. The van der Waals surface area contributed by atoms with Crippen LogP contribution in [-0.2, 0) is 11.3 Å². The number of amides is 1. The molecule has 0 spiro atoms. The molecule has 0 saturated carbocycles. The third-order valence-electron chi connectivity index (χ3n) is 3.86. The molecule has 0 radical (unpaired) electrons. The molecule has 0 saturated heterocycles. The lowest BCUT2D eigenvalue weighted by Crippen LogP contribution is -2.16. The summed E-state index contributed by atoms with van der Waals surface area (Å²) in [5.74, 6) is -0.0385. The van der Waals surface area contributed by atoms with E-state index in [1.165, 1.54) is 19.4 Å². The maximum absolute atomic E-state index is 12.1. The summed E-state index contributed by atoms with van der Waals surface area (Å²) in [6, 6.07) is 14.5. The van der Waals surface area contributed by atoms with Gasteiger partial charge in [-0.2, -0.15) is 5.10 Å². The molecule has 1 amide bonds. The van der Waals surface area contributed by atoms with Gasteiger partial charge in [-0.05, 0) is 42.0 Å². The monoisotopic (exact) mass is 446 g/mol. The van der Waals surface area contributed by atoms with Crippen LogP contribution in [0.15, 0.2) is 64.1 Å². The van der Waals surface area contributed by atoms with Gasteiger partial charge in [-0.1, -0.05) is 35.3 Å². The van der Waals surface area contributed by atoms with Gasteiger partial charge in [-0.15, -0.1) is 0 Å². The number of furan rings is 1. The van der Waals surface area contributed by atoms with Gasteiger partial charge in [0, 0.05) is 11.1 Å². The summed E-state index contributed by atoms with van der Waals surface area (Å²) in [6.45, 7) is 0.0726. The lowest BCUT2D eigenvalue weighted by molar-refractivity contribution is 0.0600. The summed E-state index contributed by atoms with van der Waals surface area (Å²) >= 11 is 12.0. The number of benzene rings is 2. The average Bonchev–Trinajstić information content (AvgIpc) is 3.23. The van der Waals surface area contributed by atoms with E-state index in [4.69, 9.17) is 32.4 Å². The molecule has 3 rings (SSSR count). The number of esters is 1. The molecular weight excluding hydrogens is 431 g/mol. The molecule has 1 N–H and O–H groups in total. The van der Waals surface area contributed by atoms with Crippen LogP contribution in [0.3, 0.4) is 0 Å². The second-order valence-electron chi connectivity index (χ2n) is 5.94. The minimum absolute atomic E-state index is 0.0726. The van der Waals surface area contributed by atoms with E-state index in [0.717, 1.165) is 0 Å². The van der Waals surface area contributed by atoms with Crippen LogP contribution < -0.4 is 10.2 Å². The van der Waals surface area contributed by atoms with Crippen LogP contribution in [0.5, 0.6) is 5.75 Å². The SMILES string of the molecule is COC(=O)c1ccc(/C=N\NC(=O)c2ccc(COc3cc(Cl)ccc3Cl)o2)cc1. The van der Waals surface area contributed by atoms with E-state index in [2.05, 4.69) is 15.3 Å². The van der Waals surface area contributed by atoms with Crippen molar-refractivity contribution < 1.29 is 23.5 Å². The molecule has 0 aliphatic heterocycles. The zero-order valence-electron chi connectivity index (χ0n) is 15.7. The Balaban J connectivity index is 1.54. The van der Waals surface area contributed by atoms with Gasteiger partial charge in [0.05, 0.1) is 23.9 Å². The zero-order chi connectivity index (χ0) is 21.5. The highest BCUT2D eigenvalue weighted by atomic mass is 35.5. The first-order valence-electron chi connectivity index (χ1n) is 8.64. The van der Waals surface area contributed by atoms with Crippen molar-refractivity contribution in [1.29, 1.82) is 0 Å². The van der Waals surface area contributed by atoms with Crippen LogP contribution in [-0.4, -0.2) is 25.2 Å². The smallest absolute Gasteiger partial charge is 0.337 e. The highest BCUT2D eigenvalue weighted by Crippen LogP contribution is 2.28. The Morgan fingerprint density at radius 3 is 2.60 bits per heavy atom. The summed E-state index contributed by atoms with van der Waals surface area (Å²) in [5, 5.41) is 4.78. The standard InChI is InChI=1S/C21H16Cl2N2O5/c1-28-21(27)14-4-2-13(3-5-14)11-24-25-20(26)18-9-7-16(30-18)12-29-19-10-15(22)6-8-17(19)23/h2-11H,12H2,1H3,(H,25,26)/b24-11-. The normalized spacial score (nSPS) is 10.8. The third kappa shape index (κ3) is 5.62. The van der Waals surface area contributed by atoms with Crippen molar-refractivity contribution in [3.8, 4) is 5.75 Å². The molecule has 2 aromatic carbocycles. The average molecular weight is 447 g/mol. The van der Waals surface area contributed by atoms with Gasteiger partial charge in [0.2, 0.25) is 0 Å². The Morgan fingerprint density at radius 2 is 1.87 bits per heavy atom. The second-order valence-corrected chi connectivity index (χ2v) is 6.79. The Bertz CT molecular complexity index is 1080. The first-order valence-corrected chi connectivity index (χ1v) is 9.40. The maximum Gasteiger partial charge on any atom is 0.337 e. The summed E-state index contributed by atoms with van der Waals surface area (Å²) in [4.78, 5) is 23.5. The number of nitrogens with zero attached hydrogens (tertiary/aromatic N) is 1. The van der Waals surface area contributed by atoms with Crippen molar-refractivity contribution >= 4 is 41.3 Å². The predicted octanol–water partition coefficient (Wildman–Crippen LogP) is 4.72. The quantitative estimate of drug-likeness (QED) is 0.322. The van der Waals surface area contributed by atoms with Crippen LogP contribution in [0.25, 0.3) is 0 Å². The molecule has 7 nitrogen and oxygen atoms in total. The summed E-state index contributed by atoms with van der Waals surface area (Å²) in [7, 11) is 1.31. The largest absolute Gasteiger partial charge is 0.484 e. The fourth-order valence-electron chi connectivity index (χ4n) is 2.36. The van der Waals surface area contributed by atoms with E-state index >= 15 is 0 Å². The van der Waals surface area contributed by atoms with Crippen LogP contribution in [0.2, 0.25) is 10.0 Å². The van der Waals surface area contributed by atoms with Gasteiger partial charge >= 0.3 is 11.9 Å².